The van der Waals surface area contributed by atoms with E-state index in [-0.39, 0.29) is 0 Å². The van der Waals surface area contributed by atoms with Crippen LogP contribution in [0.25, 0.3) is 0 Å². The van der Waals surface area contributed by atoms with Crippen LogP contribution in [0.2, 0.25) is 5.02 Å². The minimum Gasteiger partial charge on any atom is -0.490 e. The third-order valence-electron chi connectivity index (χ3n) is 3.32. The Hall–Kier alpha value is -2.86. The number of hydrogen-bond donors (Lipinski definition) is 0. The van der Waals surface area contributed by atoms with Gasteiger partial charge >= 0.3 is 0 Å². The SMILES string of the molecule is CCOc1cc(C=Nn2cnnc2)ccc1OCc1ccc(Cl)cc1. The molecular formula is C18H17ClN4O2. The molecule has 0 spiro atoms. The summed E-state index contributed by atoms with van der Waals surface area (Å²) < 4.78 is 13.1. The largest absolute Gasteiger partial charge is 0.490 e. The van der Waals surface area contributed by atoms with Crippen LogP contribution in [0.15, 0.2) is 60.2 Å². The maximum atomic E-state index is 5.90. The van der Waals surface area contributed by atoms with Gasteiger partial charge in [0.25, 0.3) is 0 Å². The zero-order valence-corrected chi connectivity index (χ0v) is 14.4. The summed E-state index contributed by atoms with van der Waals surface area (Å²) >= 11 is 5.90. The van der Waals surface area contributed by atoms with Gasteiger partial charge in [-0.05, 0) is 48.4 Å². The fraction of sp³-hybridized carbons (Fsp3) is 0.167. The van der Waals surface area contributed by atoms with Gasteiger partial charge in [0.2, 0.25) is 0 Å². The molecule has 25 heavy (non-hydrogen) atoms. The molecule has 0 aliphatic rings. The highest BCUT2D eigenvalue weighted by Gasteiger charge is 2.06. The zero-order chi connectivity index (χ0) is 17.5. The van der Waals surface area contributed by atoms with Crippen molar-refractivity contribution in [3.63, 3.8) is 0 Å². The minimum absolute atomic E-state index is 0.436. The fourth-order valence-corrected chi connectivity index (χ4v) is 2.25. The quantitative estimate of drug-likeness (QED) is 0.604. The van der Waals surface area contributed by atoms with Gasteiger partial charge in [-0.2, -0.15) is 5.10 Å². The van der Waals surface area contributed by atoms with Crippen molar-refractivity contribution in [2.45, 2.75) is 13.5 Å². The number of ether oxygens (including phenoxy) is 2. The number of hydrogen-bond acceptors (Lipinski definition) is 5. The van der Waals surface area contributed by atoms with Crippen LogP contribution in [0.1, 0.15) is 18.1 Å². The lowest BCUT2D eigenvalue weighted by molar-refractivity contribution is 0.269. The molecule has 0 radical (unpaired) electrons. The van der Waals surface area contributed by atoms with E-state index >= 15 is 0 Å². The Kier molecular flexibility index (Phi) is 5.64. The van der Waals surface area contributed by atoms with Gasteiger partial charge in [0.1, 0.15) is 19.3 Å². The van der Waals surface area contributed by atoms with Crippen molar-refractivity contribution in [1.82, 2.24) is 14.9 Å². The van der Waals surface area contributed by atoms with Crippen molar-refractivity contribution in [2.24, 2.45) is 5.10 Å². The molecule has 6 nitrogen and oxygen atoms in total. The van der Waals surface area contributed by atoms with Crippen LogP contribution in [-0.4, -0.2) is 27.7 Å². The van der Waals surface area contributed by atoms with E-state index in [0.717, 1.165) is 11.1 Å². The molecule has 0 saturated carbocycles. The average molecular weight is 357 g/mol. The third-order valence-corrected chi connectivity index (χ3v) is 3.57. The zero-order valence-electron chi connectivity index (χ0n) is 13.7. The van der Waals surface area contributed by atoms with Gasteiger partial charge in [0.05, 0.1) is 12.8 Å². The predicted octanol–water partition coefficient (Wildman–Crippen LogP) is 3.79. The monoisotopic (exact) mass is 356 g/mol. The molecule has 1 heterocycles. The molecule has 1 aromatic heterocycles. The molecule has 0 aliphatic carbocycles. The molecule has 3 rings (SSSR count). The van der Waals surface area contributed by atoms with Crippen LogP contribution in [0.5, 0.6) is 11.5 Å². The lowest BCUT2D eigenvalue weighted by Crippen LogP contribution is -2.00. The molecule has 7 heteroatoms. The molecule has 0 bridgehead atoms. The summed E-state index contributed by atoms with van der Waals surface area (Å²) in [6.07, 6.45) is 4.74. The Morgan fingerprint density at radius 1 is 1.04 bits per heavy atom. The van der Waals surface area contributed by atoms with E-state index in [4.69, 9.17) is 21.1 Å². The summed E-state index contributed by atoms with van der Waals surface area (Å²) in [6.45, 7) is 2.91. The van der Waals surface area contributed by atoms with Crippen molar-refractivity contribution in [1.29, 1.82) is 0 Å². The highest BCUT2D eigenvalue weighted by Crippen LogP contribution is 2.29. The average Bonchev–Trinajstić information content (AvgIpc) is 3.14. The Morgan fingerprint density at radius 2 is 1.80 bits per heavy atom. The van der Waals surface area contributed by atoms with Gasteiger partial charge in [0, 0.05) is 5.02 Å². The number of nitrogens with zero attached hydrogens (tertiary/aromatic N) is 4. The highest BCUT2D eigenvalue weighted by molar-refractivity contribution is 6.30. The van der Waals surface area contributed by atoms with Crippen LogP contribution >= 0.6 is 11.6 Å². The van der Waals surface area contributed by atoms with Crippen LogP contribution in [0.4, 0.5) is 0 Å². The summed E-state index contributed by atoms with van der Waals surface area (Å²) in [5.41, 5.74) is 1.92. The number of halogens is 1. The van der Waals surface area contributed by atoms with E-state index in [1.54, 1.807) is 6.21 Å². The van der Waals surface area contributed by atoms with Crippen LogP contribution in [0.3, 0.4) is 0 Å². The summed E-state index contributed by atoms with van der Waals surface area (Å²) in [5, 5.41) is 12.3. The molecule has 0 amide bonds. The summed E-state index contributed by atoms with van der Waals surface area (Å²) in [5.74, 6) is 1.35. The molecule has 2 aromatic carbocycles. The second-order valence-electron chi connectivity index (χ2n) is 5.14. The van der Waals surface area contributed by atoms with E-state index in [9.17, 15) is 0 Å². The lowest BCUT2D eigenvalue weighted by atomic mass is 10.2. The Balaban J connectivity index is 1.73. The Labute approximate surface area is 150 Å². The summed E-state index contributed by atoms with van der Waals surface area (Å²) in [7, 11) is 0. The first kappa shape index (κ1) is 17.0. The molecule has 0 saturated heterocycles. The highest BCUT2D eigenvalue weighted by atomic mass is 35.5. The Morgan fingerprint density at radius 3 is 2.52 bits per heavy atom. The van der Waals surface area contributed by atoms with Crippen molar-refractivity contribution < 1.29 is 9.47 Å². The van der Waals surface area contributed by atoms with E-state index in [1.807, 2.05) is 49.4 Å². The van der Waals surface area contributed by atoms with Crippen molar-refractivity contribution in [2.75, 3.05) is 6.61 Å². The van der Waals surface area contributed by atoms with E-state index < -0.39 is 0 Å². The second-order valence-corrected chi connectivity index (χ2v) is 5.58. The molecule has 3 aromatic rings. The smallest absolute Gasteiger partial charge is 0.161 e. The van der Waals surface area contributed by atoms with E-state index in [1.165, 1.54) is 17.3 Å². The van der Waals surface area contributed by atoms with Crippen LogP contribution in [0, 0.1) is 0 Å². The maximum Gasteiger partial charge on any atom is 0.161 e. The molecule has 0 N–H and O–H groups in total. The van der Waals surface area contributed by atoms with Gasteiger partial charge in [-0.25, -0.2) is 4.68 Å². The van der Waals surface area contributed by atoms with Gasteiger partial charge < -0.3 is 9.47 Å². The van der Waals surface area contributed by atoms with Gasteiger partial charge in [0.15, 0.2) is 11.5 Å². The summed E-state index contributed by atoms with van der Waals surface area (Å²) in [4.78, 5) is 0. The topological polar surface area (TPSA) is 61.5 Å². The molecule has 0 aliphatic heterocycles. The standard InChI is InChI=1S/C18H17ClN4O2/c1-2-24-18-9-15(10-22-23-12-20-21-13-23)5-8-17(18)25-11-14-3-6-16(19)7-4-14/h3-10,12-13H,2,11H2,1H3. The lowest BCUT2D eigenvalue weighted by Gasteiger charge is -2.12. The first-order valence-corrected chi connectivity index (χ1v) is 8.15. The third kappa shape index (κ3) is 4.81. The van der Waals surface area contributed by atoms with Gasteiger partial charge in [-0.15, -0.1) is 10.2 Å². The van der Waals surface area contributed by atoms with Gasteiger partial charge in [-0.1, -0.05) is 23.7 Å². The van der Waals surface area contributed by atoms with Crippen molar-refractivity contribution >= 4 is 17.8 Å². The number of aromatic nitrogens is 3. The first-order chi connectivity index (χ1) is 12.2. The Bertz CT molecular complexity index is 833. The van der Waals surface area contributed by atoms with Crippen molar-refractivity contribution in [3.05, 3.63) is 71.3 Å². The van der Waals surface area contributed by atoms with E-state index in [2.05, 4.69) is 15.3 Å². The number of benzene rings is 2. The normalized spacial score (nSPS) is 11.0. The first-order valence-electron chi connectivity index (χ1n) is 7.77. The van der Waals surface area contributed by atoms with Crippen molar-refractivity contribution in [3.8, 4) is 11.5 Å². The van der Waals surface area contributed by atoms with Crippen LogP contribution in [-0.2, 0) is 6.61 Å². The van der Waals surface area contributed by atoms with Crippen LogP contribution < -0.4 is 9.47 Å². The fourth-order valence-electron chi connectivity index (χ4n) is 2.12. The number of rotatable bonds is 7. The summed E-state index contributed by atoms with van der Waals surface area (Å²) in [6, 6.07) is 13.2. The molecule has 0 atom stereocenters. The van der Waals surface area contributed by atoms with E-state index in [0.29, 0.717) is 29.7 Å². The second kappa shape index (κ2) is 8.30. The minimum atomic E-state index is 0.436. The molecular weight excluding hydrogens is 340 g/mol. The van der Waals surface area contributed by atoms with Gasteiger partial charge in [-0.3, -0.25) is 0 Å². The maximum absolute atomic E-state index is 5.90. The molecule has 0 fully saturated rings. The predicted molar refractivity (Wildman–Crippen MR) is 96.4 cm³/mol. The molecule has 0 unspecified atom stereocenters. The molecule has 128 valence electrons.